The van der Waals surface area contributed by atoms with Crippen LogP contribution in [0, 0.1) is 0 Å². The average molecular weight is 434 g/mol. The molecule has 0 amide bonds. The van der Waals surface area contributed by atoms with Crippen LogP contribution in [0.3, 0.4) is 0 Å². The Labute approximate surface area is 162 Å². The number of allylic oxidation sites excluding steroid dienone is 3. The van der Waals surface area contributed by atoms with E-state index in [1.54, 1.807) is 13.1 Å². The van der Waals surface area contributed by atoms with E-state index in [0.29, 0.717) is 29.6 Å². The van der Waals surface area contributed by atoms with Crippen molar-refractivity contribution in [2.45, 2.75) is 24.5 Å². The lowest BCUT2D eigenvalue weighted by molar-refractivity contribution is 0.155. The zero-order valence-electron chi connectivity index (χ0n) is 14.5. The van der Waals surface area contributed by atoms with Crippen molar-refractivity contribution in [3.05, 3.63) is 70.4 Å². The second kappa shape index (κ2) is 6.51. The summed E-state index contributed by atoms with van der Waals surface area (Å²) in [5.74, 6) is 0. The fraction of sp³-hybridized carbons (Fsp3) is 0.300. The number of fused-ring (bicyclic) bond motifs is 1. The van der Waals surface area contributed by atoms with E-state index in [1.807, 2.05) is 42.5 Å². The van der Waals surface area contributed by atoms with Gasteiger partial charge in [0, 0.05) is 16.1 Å². The second-order valence-corrected chi connectivity index (χ2v) is 9.94. The van der Waals surface area contributed by atoms with E-state index in [4.69, 9.17) is 4.74 Å². The highest BCUT2D eigenvalue weighted by Gasteiger charge is 2.45. The Balaban J connectivity index is 1.79. The molecule has 0 radical (unpaired) electrons. The molecule has 0 fully saturated rings. The van der Waals surface area contributed by atoms with Crippen LogP contribution in [0.15, 0.2) is 70.4 Å². The van der Waals surface area contributed by atoms with Gasteiger partial charge in [-0.25, -0.2) is 12.4 Å². The fourth-order valence-electron chi connectivity index (χ4n) is 3.59. The molecule has 1 aliphatic carbocycles. The normalized spacial score (nSPS) is 24.2. The Morgan fingerprint density at radius 2 is 1.96 bits per heavy atom. The van der Waals surface area contributed by atoms with Crippen LogP contribution in [0.5, 0.6) is 0 Å². The number of benzene rings is 1. The minimum absolute atomic E-state index is 0.435. The molecule has 2 heterocycles. The molecule has 0 saturated heterocycles. The summed E-state index contributed by atoms with van der Waals surface area (Å²) in [5.41, 5.74) is 2.96. The number of halogens is 1. The SMILES string of the molecule is CC1(S(=O)(=O)n2ccc3ccccc32)CC(C2=CCOCC2)=CC=C1Br. The standard InChI is InChI=1S/C20H20BrNO3S/c1-20(14-17(6-7-19(20)21)15-9-12-25-13-10-15)26(23,24)22-11-8-16-4-2-3-5-18(16)22/h2-9,11H,10,12-14H2,1H3. The Morgan fingerprint density at radius 3 is 2.73 bits per heavy atom. The first-order valence-electron chi connectivity index (χ1n) is 8.59. The number of hydrogen-bond donors (Lipinski definition) is 0. The third-order valence-corrected chi connectivity index (χ3v) is 8.97. The number of hydrogen-bond acceptors (Lipinski definition) is 3. The van der Waals surface area contributed by atoms with Crippen molar-refractivity contribution >= 4 is 36.9 Å². The molecule has 1 unspecified atom stereocenters. The maximum atomic E-state index is 13.6. The van der Waals surface area contributed by atoms with Crippen LogP contribution in [-0.4, -0.2) is 30.4 Å². The summed E-state index contributed by atoms with van der Waals surface area (Å²) in [6.07, 6.45) is 8.85. The first-order chi connectivity index (χ1) is 12.4. The second-order valence-electron chi connectivity index (χ2n) is 6.84. The van der Waals surface area contributed by atoms with Crippen molar-refractivity contribution in [3.8, 4) is 0 Å². The molecule has 1 aromatic carbocycles. The predicted molar refractivity (Wildman–Crippen MR) is 108 cm³/mol. The minimum atomic E-state index is -3.66. The van der Waals surface area contributed by atoms with Gasteiger partial charge in [-0.2, -0.15) is 0 Å². The molecule has 1 atom stereocenters. The van der Waals surface area contributed by atoms with E-state index in [-0.39, 0.29) is 0 Å². The van der Waals surface area contributed by atoms with Crippen LogP contribution < -0.4 is 0 Å². The monoisotopic (exact) mass is 433 g/mol. The van der Waals surface area contributed by atoms with Crippen LogP contribution in [0.25, 0.3) is 10.9 Å². The quantitative estimate of drug-likeness (QED) is 0.713. The van der Waals surface area contributed by atoms with Crippen molar-refractivity contribution in [1.82, 2.24) is 3.97 Å². The van der Waals surface area contributed by atoms with Crippen LogP contribution >= 0.6 is 15.9 Å². The van der Waals surface area contributed by atoms with E-state index < -0.39 is 14.8 Å². The highest BCUT2D eigenvalue weighted by molar-refractivity contribution is 9.12. The van der Waals surface area contributed by atoms with Gasteiger partial charge < -0.3 is 4.74 Å². The highest BCUT2D eigenvalue weighted by Crippen LogP contribution is 2.43. The van der Waals surface area contributed by atoms with Gasteiger partial charge in [0.15, 0.2) is 0 Å². The van der Waals surface area contributed by atoms with E-state index in [2.05, 4.69) is 22.0 Å². The predicted octanol–water partition coefficient (Wildman–Crippen LogP) is 4.53. The van der Waals surface area contributed by atoms with Crippen LogP contribution in [0.4, 0.5) is 0 Å². The van der Waals surface area contributed by atoms with Crippen molar-refractivity contribution < 1.29 is 13.2 Å². The van der Waals surface area contributed by atoms with Gasteiger partial charge in [-0.15, -0.1) is 0 Å². The van der Waals surface area contributed by atoms with Gasteiger partial charge >= 0.3 is 0 Å². The summed E-state index contributed by atoms with van der Waals surface area (Å²) in [7, 11) is -3.66. The number of rotatable bonds is 3. The summed E-state index contributed by atoms with van der Waals surface area (Å²) < 4.78 is 33.7. The first kappa shape index (κ1) is 17.8. The maximum Gasteiger partial charge on any atom is 0.249 e. The molecule has 1 aliphatic heterocycles. The van der Waals surface area contributed by atoms with Gasteiger partial charge in [-0.3, -0.25) is 0 Å². The number of ether oxygens (including phenoxy) is 1. The van der Waals surface area contributed by atoms with E-state index in [0.717, 1.165) is 17.4 Å². The number of aromatic nitrogens is 1. The van der Waals surface area contributed by atoms with Gasteiger partial charge in [0.05, 0.1) is 18.7 Å². The molecule has 26 heavy (non-hydrogen) atoms. The Kier molecular flexibility index (Phi) is 4.45. The van der Waals surface area contributed by atoms with E-state index >= 15 is 0 Å². The molecule has 4 nitrogen and oxygen atoms in total. The van der Waals surface area contributed by atoms with Gasteiger partial charge in [0.2, 0.25) is 10.0 Å². The Bertz CT molecular complexity index is 1060. The molecule has 6 heteroatoms. The Morgan fingerprint density at radius 1 is 1.15 bits per heavy atom. The highest BCUT2D eigenvalue weighted by atomic mass is 79.9. The third kappa shape index (κ3) is 2.71. The van der Waals surface area contributed by atoms with Gasteiger partial charge in [0.1, 0.15) is 4.75 Å². The maximum absolute atomic E-state index is 13.6. The molecule has 0 saturated carbocycles. The van der Waals surface area contributed by atoms with Crippen LogP contribution in [0.1, 0.15) is 19.8 Å². The summed E-state index contributed by atoms with van der Waals surface area (Å²) in [6.45, 7) is 3.06. The van der Waals surface area contributed by atoms with Gasteiger partial charge in [-0.1, -0.05) is 52.4 Å². The van der Waals surface area contributed by atoms with Crippen molar-refractivity contribution in [2.75, 3.05) is 13.2 Å². The zero-order valence-corrected chi connectivity index (χ0v) is 16.9. The van der Waals surface area contributed by atoms with Gasteiger partial charge in [-0.05, 0) is 43.0 Å². The molecule has 4 rings (SSSR count). The van der Waals surface area contributed by atoms with Crippen molar-refractivity contribution in [3.63, 3.8) is 0 Å². The molecule has 0 bridgehead atoms. The van der Waals surface area contributed by atoms with E-state index in [1.165, 1.54) is 9.55 Å². The summed E-state index contributed by atoms with van der Waals surface area (Å²) in [4.78, 5) is 0. The molecular weight excluding hydrogens is 414 g/mol. The van der Waals surface area contributed by atoms with Crippen LogP contribution in [0.2, 0.25) is 0 Å². The van der Waals surface area contributed by atoms with Crippen molar-refractivity contribution in [1.29, 1.82) is 0 Å². The average Bonchev–Trinajstić information content (AvgIpc) is 3.09. The molecule has 0 spiro atoms. The molecule has 2 aromatic rings. The number of nitrogens with zero attached hydrogens (tertiary/aromatic N) is 1. The summed E-state index contributed by atoms with van der Waals surface area (Å²) >= 11 is 3.53. The summed E-state index contributed by atoms with van der Waals surface area (Å²) in [6, 6.07) is 9.38. The third-order valence-electron chi connectivity index (χ3n) is 5.23. The summed E-state index contributed by atoms with van der Waals surface area (Å²) in [5, 5.41) is 0.915. The minimum Gasteiger partial charge on any atom is -0.377 e. The topological polar surface area (TPSA) is 48.3 Å². The molecule has 1 aromatic heterocycles. The smallest absolute Gasteiger partial charge is 0.249 e. The lowest BCUT2D eigenvalue weighted by atomic mass is 9.88. The van der Waals surface area contributed by atoms with Gasteiger partial charge in [0.25, 0.3) is 0 Å². The lowest BCUT2D eigenvalue weighted by Crippen LogP contribution is -2.41. The fourth-order valence-corrected chi connectivity index (χ4v) is 6.21. The number of para-hydroxylation sites is 1. The largest absolute Gasteiger partial charge is 0.377 e. The first-order valence-corrected chi connectivity index (χ1v) is 10.8. The molecule has 136 valence electrons. The van der Waals surface area contributed by atoms with Crippen LogP contribution in [-0.2, 0) is 14.8 Å². The van der Waals surface area contributed by atoms with Crippen molar-refractivity contribution in [2.24, 2.45) is 0 Å². The molecule has 2 aliphatic rings. The lowest BCUT2D eigenvalue weighted by Gasteiger charge is -2.34. The zero-order chi connectivity index (χ0) is 18.4. The Hall–Kier alpha value is -1.63. The van der Waals surface area contributed by atoms with E-state index in [9.17, 15) is 8.42 Å². The molecule has 0 N–H and O–H groups in total. The molecular formula is C20H20BrNO3S.